The summed E-state index contributed by atoms with van der Waals surface area (Å²) in [7, 11) is 0. The molecule has 4 rings (SSSR count). The van der Waals surface area contributed by atoms with Crippen LogP contribution in [-0.4, -0.2) is 37.4 Å². The molecule has 1 aliphatic rings. The molecule has 3 aromatic rings. The van der Waals surface area contributed by atoms with Crippen LogP contribution in [0.2, 0.25) is 0 Å². The van der Waals surface area contributed by atoms with Crippen LogP contribution in [0.5, 0.6) is 11.5 Å². The summed E-state index contributed by atoms with van der Waals surface area (Å²) in [6, 6.07) is 13.6. The first-order valence-electron chi connectivity index (χ1n) is 10.3. The molecule has 1 N–H and O–H groups in total. The second kappa shape index (κ2) is 9.56. The highest BCUT2D eigenvalue weighted by Crippen LogP contribution is 2.34. The number of para-hydroxylation sites is 1. The highest BCUT2D eigenvalue weighted by atomic mass is 19.1. The van der Waals surface area contributed by atoms with Crippen LogP contribution >= 0.6 is 0 Å². The Bertz CT molecular complexity index is 1210. The Balaban J connectivity index is 1.52. The van der Waals surface area contributed by atoms with Gasteiger partial charge in [-0.25, -0.2) is 4.39 Å². The Kier molecular flexibility index (Phi) is 6.39. The fourth-order valence-electron chi connectivity index (χ4n) is 3.33. The number of halogens is 1. The minimum absolute atomic E-state index is 0.0234. The molecular formula is C24H21FN2O6. The zero-order valence-corrected chi connectivity index (χ0v) is 17.8. The maximum Gasteiger partial charge on any atom is 0.286 e. The van der Waals surface area contributed by atoms with Crippen molar-refractivity contribution in [2.45, 2.75) is 13.5 Å². The standard InChI is InChI=1S/C24H21FN2O6/c1-2-26-24(30)22-10-8-16(33-22)12-27-18-11-15(7-9-21(18)32-14-23(27)29)19(28)13-31-20-6-4-3-5-17(20)25/h3-11H,2,12-14H2,1H3,(H,26,30). The molecule has 33 heavy (non-hydrogen) atoms. The number of nitrogens with one attached hydrogen (secondary N) is 1. The van der Waals surface area contributed by atoms with E-state index >= 15 is 0 Å². The monoisotopic (exact) mass is 452 g/mol. The first kappa shape index (κ1) is 22.1. The van der Waals surface area contributed by atoms with Crippen LogP contribution in [0.4, 0.5) is 10.1 Å². The Morgan fingerprint density at radius 1 is 1.15 bits per heavy atom. The number of rotatable bonds is 8. The van der Waals surface area contributed by atoms with Gasteiger partial charge in [-0.2, -0.15) is 0 Å². The van der Waals surface area contributed by atoms with E-state index in [1.54, 1.807) is 31.2 Å². The molecule has 0 radical (unpaired) electrons. The van der Waals surface area contributed by atoms with Gasteiger partial charge in [0.25, 0.3) is 11.8 Å². The van der Waals surface area contributed by atoms with Crippen LogP contribution in [0.25, 0.3) is 0 Å². The maximum absolute atomic E-state index is 13.7. The zero-order chi connectivity index (χ0) is 23.4. The lowest BCUT2D eigenvalue weighted by molar-refractivity contribution is -0.121. The van der Waals surface area contributed by atoms with Gasteiger partial charge in [0.1, 0.15) is 11.5 Å². The lowest BCUT2D eigenvalue weighted by Crippen LogP contribution is -2.38. The smallest absolute Gasteiger partial charge is 0.286 e. The Morgan fingerprint density at radius 3 is 2.76 bits per heavy atom. The van der Waals surface area contributed by atoms with Crippen molar-refractivity contribution in [1.82, 2.24) is 5.32 Å². The van der Waals surface area contributed by atoms with E-state index in [-0.39, 0.29) is 48.6 Å². The molecule has 0 saturated heterocycles. The molecule has 0 saturated carbocycles. The van der Waals surface area contributed by atoms with Crippen molar-refractivity contribution in [2.75, 3.05) is 24.7 Å². The van der Waals surface area contributed by atoms with Crippen LogP contribution in [0, 0.1) is 5.82 Å². The number of carbonyl (C=O) groups excluding carboxylic acids is 3. The van der Waals surface area contributed by atoms with Gasteiger partial charge in [0.2, 0.25) is 0 Å². The number of Topliss-reactive ketones (excluding diaryl/α,β-unsaturated/α-hetero) is 1. The fraction of sp³-hybridized carbons (Fsp3) is 0.208. The van der Waals surface area contributed by atoms with Gasteiger partial charge in [-0.15, -0.1) is 0 Å². The second-order valence-electron chi connectivity index (χ2n) is 7.22. The van der Waals surface area contributed by atoms with Crippen molar-refractivity contribution in [3.63, 3.8) is 0 Å². The molecule has 0 unspecified atom stereocenters. The number of hydrogen-bond donors (Lipinski definition) is 1. The average molecular weight is 452 g/mol. The molecule has 1 aliphatic heterocycles. The first-order valence-corrected chi connectivity index (χ1v) is 10.3. The van der Waals surface area contributed by atoms with Crippen LogP contribution in [0.3, 0.4) is 0 Å². The summed E-state index contributed by atoms with van der Waals surface area (Å²) in [6.07, 6.45) is 0. The largest absolute Gasteiger partial charge is 0.482 e. The van der Waals surface area contributed by atoms with E-state index in [0.717, 1.165) is 0 Å². The van der Waals surface area contributed by atoms with Gasteiger partial charge in [-0.3, -0.25) is 19.3 Å². The molecule has 0 atom stereocenters. The van der Waals surface area contributed by atoms with Gasteiger partial charge in [-0.05, 0) is 49.4 Å². The number of ether oxygens (including phenoxy) is 2. The van der Waals surface area contributed by atoms with Crippen LogP contribution in [0.1, 0.15) is 33.6 Å². The highest BCUT2D eigenvalue weighted by molar-refractivity contribution is 6.02. The van der Waals surface area contributed by atoms with Gasteiger partial charge in [0, 0.05) is 12.1 Å². The highest BCUT2D eigenvalue weighted by Gasteiger charge is 2.28. The van der Waals surface area contributed by atoms with Crippen molar-refractivity contribution in [1.29, 1.82) is 0 Å². The number of ketones is 1. The minimum atomic E-state index is -0.564. The average Bonchev–Trinajstić information content (AvgIpc) is 3.29. The number of hydrogen-bond acceptors (Lipinski definition) is 6. The molecule has 2 amide bonds. The molecule has 8 nitrogen and oxygen atoms in total. The third-order valence-electron chi connectivity index (χ3n) is 4.96. The molecule has 2 aromatic carbocycles. The molecular weight excluding hydrogens is 431 g/mol. The van der Waals surface area contributed by atoms with E-state index in [2.05, 4.69) is 5.32 Å². The van der Waals surface area contributed by atoms with Gasteiger partial charge in [0.15, 0.2) is 36.3 Å². The zero-order valence-electron chi connectivity index (χ0n) is 17.8. The summed E-state index contributed by atoms with van der Waals surface area (Å²) in [4.78, 5) is 38.6. The number of fused-ring (bicyclic) bond motifs is 1. The number of carbonyl (C=O) groups is 3. The van der Waals surface area contributed by atoms with Gasteiger partial charge in [-0.1, -0.05) is 12.1 Å². The lowest BCUT2D eigenvalue weighted by atomic mass is 10.1. The maximum atomic E-state index is 13.7. The quantitative estimate of drug-likeness (QED) is 0.527. The Hall–Kier alpha value is -4.14. The van der Waals surface area contributed by atoms with Crippen LogP contribution in [0.15, 0.2) is 59.0 Å². The molecule has 170 valence electrons. The van der Waals surface area contributed by atoms with E-state index in [0.29, 0.717) is 23.7 Å². The van der Waals surface area contributed by atoms with E-state index < -0.39 is 11.6 Å². The van der Waals surface area contributed by atoms with Crippen molar-refractivity contribution in [3.8, 4) is 11.5 Å². The van der Waals surface area contributed by atoms with Crippen molar-refractivity contribution < 1.29 is 32.7 Å². The minimum Gasteiger partial charge on any atom is -0.482 e. The molecule has 0 spiro atoms. The normalized spacial score (nSPS) is 12.7. The number of furan rings is 1. The van der Waals surface area contributed by atoms with Crippen LogP contribution < -0.4 is 19.7 Å². The molecule has 0 fully saturated rings. The van der Waals surface area contributed by atoms with Gasteiger partial charge >= 0.3 is 0 Å². The number of amides is 2. The summed E-state index contributed by atoms with van der Waals surface area (Å²) in [5.74, 6) is -0.687. The van der Waals surface area contributed by atoms with Gasteiger partial charge in [0.05, 0.1) is 12.2 Å². The second-order valence-corrected chi connectivity index (χ2v) is 7.22. The van der Waals surface area contributed by atoms with Crippen molar-refractivity contribution >= 4 is 23.3 Å². The predicted octanol–water partition coefficient (Wildman–Crippen LogP) is 3.36. The topological polar surface area (TPSA) is 98.1 Å². The van der Waals surface area contributed by atoms with Crippen LogP contribution in [-0.2, 0) is 11.3 Å². The molecule has 1 aromatic heterocycles. The molecule has 0 aliphatic carbocycles. The summed E-state index contributed by atoms with van der Waals surface area (Å²) >= 11 is 0. The Morgan fingerprint density at radius 2 is 1.97 bits per heavy atom. The summed E-state index contributed by atoms with van der Waals surface area (Å²) < 4.78 is 30.1. The lowest BCUT2D eigenvalue weighted by Gasteiger charge is -2.29. The predicted molar refractivity (Wildman–Crippen MR) is 116 cm³/mol. The number of anilines is 1. The summed E-state index contributed by atoms with van der Waals surface area (Å²) in [5.41, 5.74) is 0.662. The molecule has 0 bridgehead atoms. The third-order valence-corrected chi connectivity index (χ3v) is 4.96. The number of nitrogens with zero attached hydrogens (tertiary/aromatic N) is 1. The SMILES string of the molecule is CCNC(=O)c1ccc(CN2C(=O)COc3ccc(C(=O)COc4ccccc4F)cc32)o1. The molecule has 2 heterocycles. The van der Waals surface area contributed by atoms with E-state index in [4.69, 9.17) is 13.9 Å². The van der Waals surface area contributed by atoms with E-state index in [1.165, 1.54) is 35.2 Å². The summed E-state index contributed by atoms with van der Waals surface area (Å²) in [5, 5.41) is 2.64. The molecule has 9 heteroatoms. The van der Waals surface area contributed by atoms with E-state index in [1.807, 2.05) is 0 Å². The summed E-state index contributed by atoms with van der Waals surface area (Å²) in [6.45, 7) is 1.77. The first-order chi connectivity index (χ1) is 16.0. The number of benzene rings is 2. The fourth-order valence-corrected chi connectivity index (χ4v) is 3.33. The Labute approximate surface area is 188 Å². The third kappa shape index (κ3) is 4.87. The van der Waals surface area contributed by atoms with Gasteiger partial charge < -0.3 is 19.2 Å². The van der Waals surface area contributed by atoms with Crippen molar-refractivity contribution in [2.24, 2.45) is 0 Å². The van der Waals surface area contributed by atoms with E-state index in [9.17, 15) is 18.8 Å². The van der Waals surface area contributed by atoms with Crippen molar-refractivity contribution in [3.05, 3.63) is 77.5 Å².